The summed E-state index contributed by atoms with van der Waals surface area (Å²) in [4.78, 5) is 29.0. The lowest BCUT2D eigenvalue weighted by molar-refractivity contribution is -0.139. The summed E-state index contributed by atoms with van der Waals surface area (Å²) in [6, 6.07) is 28.3. The van der Waals surface area contributed by atoms with E-state index in [0.29, 0.717) is 22.0 Å². The Morgan fingerprint density at radius 1 is 0.884 bits per heavy atom. The number of methoxy groups -OCH3 is 1. The van der Waals surface area contributed by atoms with Crippen LogP contribution in [0.5, 0.6) is 5.75 Å². The van der Waals surface area contributed by atoms with Crippen molar-refractivity contribution in [3.8, 4) is 5.75 Å². The summed E-state index contributed by atoms with van der Waals surface area (Å²) < 4.78 is 34.4. The van der Waals surface area contributed by atoms with Gasteiger partial charge in [-0.05, 0) is 60.5 Å². The molecule has 0 radical (unpaired) electrons. The molecule has 0 aliphatic carbocycles. The molecule has 0 aromatic heterocycles. The minimum atomic E-state index is -4.21. The number of halogens is 1. The van der Waals surface area contributed by atoms with Gasteiger partial charge in [-0.2, -0.15) is 0 Å². The molecule has 43 heavy (non-hydrogen) atoms. The van der Waals surface area contributed by atoms with Gasteiger partial charge in [-0.3, -0.25) is 13.9 Å². The number of carbonyl (C=O) groups is 2. The minimum absolute atomic E-state index is 0.00620. The first-order chi connectivity index (χ1) is 20.6. The van der Waals surface area contributed by atoms with E-state index in [4.69, 9.17) is 16.3 Å². The number of benzene rings is 4. The van der Waals surface area contributed by atoms with E-state index in [1.807, 2.05) is 37.3 Å². The van der Waals surface area contributed by atoms with Gasteiger partial charge in [0.25, 0.3) is 10.0 Å². The number of likely N-dealkylation sites (N-methyl/N-ethyl adjacent to an activating group) is 1. The van der Waals surface area contributed by atoms with Gasteiger partial charge in [-0.25, -0.2) is 8.42 Å². The first kappa shape index (κ1) is 31.6. The van der Waals surface area contributed by atoms with E-state index in [2.05, 4.69) is 5.32 Å². The summed E-state index contributed by atoms with van der Waals surface area (Å²) in [6.45, 7) is 1.33. The number of nitrogens with one attached hydrogen (secondary N) is 1. The van der Waals surface area contributed by atoms with E-state index in [1.165, 1.54) is 31.2 Å². The number of rotatable bonds is 12. The Hall–Kier alpha value is -4.34. The van der Waals surface area contributed by atoms with Crippen LogP contribution in [-0.4, -0.2) is 51.9 Å². The van der Waals surface area contributed by atoms with E-state index in [1.54, 1.807) is 60.7 Å². The van der Waals surface area contributed by atoms with Crippen molar-refractivity contribution in [2.75, 3.05) is 25.0 Å². The van der Waals surface area contributed by atoms with Crippen molar-refractivity contribution in [3.63, 3.8) is 0 Å². The lowest BCUT2D eigenvalue weighted by atomic mass is 10.0. The van der Waals surface area contributed by atoms with E-state index >= 15 is 0 Å². The van der Waals surface area contributed by atoms with E-state index < -0.39 is 28.5 Å². The van der Waals surface area contributed by atoms with Crippen molar-refractivity contribution >= 4 is 39.1 Å². The van der Waals surface area contributed by atoms with Gasteiger partial charge in [0, 0.05) is 25.0 Å². The summed E-state index contributed by atoms with van der Waals surface area (Å²) in [6.07, 6.45) is 0.215. The fraction of sp³-hybridized carbons (Fsp3) is 0.212. The second kappa shape index (κ2) is 14.2. The van der Waals surface area contributed by atoms with Crippen LogP contribution in [0.25, 0.3) is 0 Å². The molecule has 0 aliphatic rings. The highest BCUT2D eigenvalue weighted by Crippen LogP contribution is 2.27. The molecule has 0 heterocycles. The number of amides is 2. The predicted octanol–water partition coefficient (Wildman–Crippen LogP) is 5.24. The highest BCUT2D eigenvalue weighted by atomic mass is 35.5. The second-order valence-corrected chi connectivity index (χ2v) is 12.2. The Labute approximate surface area is 257 Å². The quantitative estimate of drug-likeness (QED) is 0.234. The van der Waals surface area contributed by atoms with Crippen molar-refractivity contribution in [2.24, 2.45) is 0 Å². The summed E-state index contributed by atoms with van der Waals surface area (Å²) in [5.41, 5.74) is 2.71. The highest BCUT2D eigenvalue weighted by molar-refractivity contribution is 7.92. The zero-order valence-electron chi connectivity index (χ0n) is 24.2. The molecule has 10 heteroatoms. The first-order valence-electron chi connectivity index (χ1n) is 13.7. The molecule has 1 atom stereocenters. The Morgan fingerprint density at radius 2 is 1.51 bits per heavy atom. The van der Waals surface area contributed by atoms with Gasteiger partial charge in [0.15, 0.2) is 0 Å². The minimum Gasteiger partial charge on any atom is -0.497 e. The summed E-state index contributed by atoms with van der Waals surface area (Å²) >= 11 is 6.49. The van der Waals surface area contributed by atoms with Crippen LogP contribution in [0.3, 0.4) is 0 Å². The topological polar surface area (TPSA) is 96.0 Å². The Kier molecular flexibility index (Phi) is 10.4. The third-order valence-electron chi connectivity index (χ3n) is 7.06. The molecular formula is C33H34ClN3O5S. The predicted molar refractivity (Wildman–Crippen MR) is 169 cm³/mol. The Balaban J connectivity index is 1.79. The lowest BCUT2D eigenvalue weighted by Gasteiger charge is -2.33. The molecule has 4 aromatic carbocycles. The maximum Gasteiger partial charge on any atom is 0.264 e. The molecule has 0 bridgehead atoms. The first-order valence-corrected chi connectivity index (χ1v) is 15.5. The molecule has 2 amide bonds. The number of carbonyl (C=O) groups excluding carboxylic acids is 2. The number of hydrogen-bond acceptors (Lipinski definition) is 5. The Bertz CT molecular complexity index is 1650. The summed E-state index contributed by atoms with van der Waals surface area (Å²) in [5, 5.41) is 3.10. The molecule has 0 spiro atoms. The maximum absolute atomic E-state index is 14.3. The molecule has 224 valence electrons. The van der Waals surface area contributed by atoms with Crippen LogP contribution in [0.4, 0.5) is 5.69 Å². The molecule has 4 rings (SSSR count). The lowest BCUT2D eigenvalue weighted by Crippen LogP contribution is -2.53. The molecule has 0 fully saturated rings. The standard InChI is InChI=1S/C33H34ClN3O5S/c1-24-13-15-27(16-14-24)37(43(40,41)29-19-17-28(42-3)18-20-29)23-32(38)36(22-26-11-7-8-12-30(26)34)31(33(39)35-2)21-25-9-5-4-6-10-25/h4-20,31H,21-23H2,1-3H3,(H,35,39)/t31-/m1/s1. The molecule has 0 unspecified atom stereocenters. The highest BCUT2D eigenvalue weighted by Gasteiger charge is 2.34. The van der Waals surface area contributed by atoms with Crippen LogP contribution in [-0.2, 0) is 32.6 Å². The van der Waals surface area contributed by atoms with Gasteiger partial charge in [-0.15, -0.1) is 0 Å². The fourth-order valence-corrected chi connectivity index (χ4v) is 6.26. The van der Waals surface area contributed by atoms with Crippen molar-refractivity contribution in [1.29, 1.82) is 0 Å². The average Bonchev–Trinajstić information content (AvgIpc) is 3.02. The van der Waals surface area contributed by atoms with Crippen molar-refractivity contribution < 1.29 is 22.7 Å². The van der Waals surface area contributed by atoms with Crippen LogP contribution in [0, 0.1) is 6.92 Å². The third kappa shape index (κ3) is 7.74. The molecule has 1 N–H and O–H groups in total. The van der Waals surface area contributed by atoms with Crippen LogP contribution >= 0.6 is 11.6 Å². The normalized spacial score (nSPS) is 11.8. The van der Waals surface area contributed by atoms with Crippen LogP contribution in [0.15, 0.2) is 108 Å². The number of hydrogen-bond donors (Lipinski definition) is 1. The zero-order valence-corrected chi connectivity index (χ0v) is 25.8. The molecule has 0 saturated heterocycles. The van der Waals surface area contributed by atoms with E-state index in [-0.39, 0.29) is 23.8 Å². The summed E-state index contributed by atoms with van der Waals surface area (Å²) in [7, 11) is -1.21. The van der Waals surface area contributed by atoms with Crippen molar-refractivity contribution in [3.05, 3.63) is 125 Å². The number of anilines is 1. The maximum atomic E-state index is 14.3. The van der Waals surface area contributed by atoms with Gasteiger partial charge >= 0.3 is 0 Å². The van der Waals surface area contributed by atoms with E-state index in [0.717, 1.165) is 15.4 Å². The number of ether oxygens (including phenoxy) is 1. The van der Waals surface area contributed by atoms with Gasteiger partial charge in [-0.1, -0.05) is 77.8 Å². The van der Waals surface area contributed by atoms with Crippen LogP contribution < -0.4 is 14.4 Å². The number of nitrogens with zero attached hydrogens (tertiary/aromatic N) is 2. The molecular weight excluding hydrogens is 586 g/mol. The third-order valence-corrected chi connectivity index (χ3v) is 9.22. The largest absolute Gasteiger partial charge is 0.497 e. The van der Waals surface area contributed by atoms with Crippen molar-refractivity contribution in [1.82, 2.24) is 10.2 Å². The van der Waals surface area contributed by atoms with E-state index in [9.17, 15) is 18.0 Å². The zero-order chi connectivity index (χ0) is 31.0. The Morgan fingerprint density at radius 3 is 2.12 bits per heavy atom. The molecule has 0 aliphatic heterocycles. The van der Waals surface area contributed by atoms with Gasteiger partial charge < -0.3 is 15.0 Å². The number of sulfonamides is 1. The molecule has 4 aromatic rings. The average molecular weight is 620 g/mol. The van der Waals surface area contributed by atoms with Gasteiger partial charge in [0.1, 0.15) is 18.3 Å². The number of aryl methyl sites for hydroxylation is 1. The monoisotopic (exact) mass is 619 g/mol. The second-order valence-electron chi connectivity index (χ2n) is 9.96. The fourth-order valence-electron chi connectivity index (χ4n) is 4.65. The SMILES string of the molecule is CNC(=O)[C@@H](Cc1ccccc1)N(Cc1ccccc1Cl)C(=O)CN(c1ccc(C)cc1)S(=O)(=O)c1ccc(OC)cc1. The van der Waals surface area contributed by atoms with Gasteiger partial charge in [0.2, 0.25) is 11.8 Å². The van der Waals surface area contributed by atoms with Crippen LogP contribution in [0.1, 0.15) is 16.7 Å². The smallest absolute Gasteiger partial charge is 0.264 e. The summed E-state index contributed by atoms with van der Waals surface area (Å²) in [5.74, 6) is -0.455. The molecule has 8 nitrogen and oxygen atoms in total. The van der Waals surface area contributed by atoms with Crippen LogP contribution in [0.2, 0.25) is 5.02 Å². The van der Waals surface area contributed by atoms with Gasteiger partial charge in [0.05, 0.1) is 17.7 Å². The molecule has 0 saturated carbocycles. The van der Waals surface area contributed by atoms with Crippen molar-refractivity contribution in [2.45, 2.75) is 30.8 Å².